The van der Waals surface area contributed by atoms with Crippen LogP contribution in [0.5, 0.6) is 23.0 Å². The summed E-state index contributed by atoms with van der Waals surface area (Å²) in [7, 11) is 3.05. The van der Waals surface area contributed by atoms with E-state index in [-0.39, 0.29) is 12.7 Å². The van der Waals surface area contributed by atoms with Crippen LogP contribution in [0.4, 0.5) is 5.69 Å². The average molecular weight is 364 g/mol. The number of anilines is 1. The molecule has 1 aliphatic heterocycles. The lowest BCUT2D eigenvalue weighted by Crippen LogP contribution is -2.13. The van der Waals surface area contributed by atoms with Crippen molar-refractivity contribution in [2.75, 3.05) is 26.3 Å². The second-order valence-corrected chi connectivity index (χ2v) is 5.83. The van der Waals surface area contributed by atoms with Crippen molar-refractivity contribution in [1.29, 1.82) is 0 Å². The smallest absolute Gasteiger partial charge is 0.231 e. The summed E-state index contributed by atoms with van der Waals surface area (Å²) in [6, 6.07) is 8.90. The second-order valence-electron chi connectivity index (χ2n) is 5.42. The van der Waals surface area contributed by atoms with Gasteiger partial charge in [-0.05, 0) is 24.1 Å². The molecule has 1 aliphatic rings. The van der Waals surface area contributed by atoms with Gasteiger partial charge in [0.25, 0.3) is 0 Å². The van der Waals surface area contributed by atoms with Gasteiger partial charge in [-0.2, -0.15) is 0 Å². The predicted molar refractivity (Wildman–Crippen MR) is 94.1 cm³/mol. The Kier molecular flexibility index (Phi) is 5.19. The maximum Gasteiger partial charge on any atom is 0.231 e. The summed E-state index contributed by atoms with van der Waals surface area (Å²) in [5.74, 6) is 2.29. The van der Waals surface area contributed by atoms with E-state index >= 15 is 0 Å². The molecule has 0 spiro atoms. The van der Waals surface area contributed by atoms with E-state index in [4.69, 9.17) is 30.5 Å². The Hall–Kier alpha value is -2.60. The lowest BCUT2D eigenvalue weighted by Gasteiger charge is -2.12. The summed E-state index contributed by atoms with van der Waals surface area (Å²) in [6.45, 7) is 0.233. The first-order valence-corrected chi connectivity index (χ1v) is 8.08. The molecule has 6 nitrogen and oxygen atoms in total. The highest BCUT2D eigenvalue weighted by molar-refractivity contribution is 6.34. The van der Waals surface area contributed by atoms with Crippen LogP contribution in [0.2, 0.25) is 5.02 Å². The van der Waals surface area contributed by atoms with Crippen molar-refractivity contribution in [2.24, 2.45) is 0 Å². The zero-order valence-electron chi connectivity index (χ0n) is 13.9. The van der Waals surface area contributed by atoms with Gasteiger partial charge in [-0.3, -0.25) is 4.79 Å². The highest BCUT2D eigenvalue weighted by Gasteiger charge is 2.15. The number of aryl methyl sites for hydroxylation is 1. The molecule has 1 N–H and O–H groups in total. The van der Waals surface area contributed by atoms with Gasteiger partial charge in [-0.1, -0.05) is 17.7 Å². The molecule has 0 atom stereocenters. The van der Waals surface area contributed by atoms with Crippen LogP contribution in [-0.4, -0.2) is 26.9 Å². The first-order valence-electron chi connectivity index (χ1n) is 7.70. The average Bonchev–Trinajstić information content (AvgIpc) is 3.09. The zero-order valence-corrected chi connectivity index (χ0v) is 14.7. The van der Waals surface area contributed by atoms with E-state index < -0.39 is 0 Å². The minimum atomic E-state index is -0.146. The van der Waals surface area contributed by atoms with Crippen LogP contribution in [0.1, 0.15) is 12.0 Å². The molecular weight excluding hydrogens is 346 g/mol. The van der Waals surface area contributed by atoms with Crippen LogP contribution in [0, 0.1) is 0 Å². The van der Waals surface area contributed by atoms with Crippen LogP contribution in [0.25, 0.3) is 0 Å². The Labute approximate surface area is 150 Å². The van der Waals surface area contributed by atoms with Crippen LogP contribution < -0.4 is 24.3 Å². The van der Waals surface area contributed by atoms with Crippen LogP contribution in [0.3, 0.4) is 0 Å². The summed E-state index contributed by atoms with van der Waals surface area (Å²) in [4.78, 5) is 12.2. The standard InChI is InChI=1S/C18H18ClNO5/c1-22-15-8-12(19)13(9-16(15)23-2)20-18(21)6-4-11-3-5-14-17(7-11)25-10-24-14/h3,5,7-9H,4,6,10H2,1-2H3,(H,20,21). The second kappa shape index (κ2) is 7.53. The molecule has 0 bridgehead atoms. The Morgan fingerprint density at radius 2 is 1.84 bits per heavy atom. The number of nitrogens with one attached hydrogen (secondary N) is 1. The largest absolute Gasteiger partial charge is 0.493 e. The van der Waals surface area contributed by atoms with E-state index in [0.29, 0.717) is 40.8 Å². The molecule has 132 valence electrons. The number of hydrogen-bond acceptors (Lipinski definition) is 5. The normalized spacial score (nSPS) is 12.0. The fourth-order valence-corrected chi connectivity index (χ4v) is 2.72. The lowest BCUT2D eigenvalue weighted by molar-refractivity contribution is -0.116. The molecule has 1 heterocycles. The fourth-order valence-electron chi connectivity index (χ4n) is 2.52. The summed E-state index contributed by atoms with van der Waals surface area (Å²) < 4.78 is 21.0. The molecule has 1 amide bonds. The van der Waals surface area contributed by atoms with Gasteiger partial charge in [0.2, 0.25) is 12.7 Å². The number of methoxy groups -OCH3 is 2. The van der Waals surface area contributed by atoms with Gasteiger partial charge < -0.3 is 24.3 Å². The monoisotopic (exact) mass is 363 g/mol. The van der Waals surface area contributed by atoms with E-state index in [1.165, 1.54) is 14.2 Å². The molecule has 0 unspecified atom stereocenters. The minimum Gasteiger partial charge on any atom is -0.493 e. The van der Waals surface area contributed by atoms with Gasteiger partial charge in [0.15, 0.2) is 23.0 Å². The van der Waals surface area contributed by atoms with E-state index in [2.05, 4.69) is 5.32 Å². The first kappa shape index (κ1) is 17.2. The van der Waals surface area contributed by atoms with Crippen molar-refractivity contribution in [3.63, 3.8) is 0 Å². The molecule has 7 heteroatoms. The number of fused-ring (bicyclic) bond motifs is 1. The van der Waals surface area contributed by atoms with E-state index in [1.807, 2.05) is 18.2 Å². The van der Waals surface area contributed by atoms with Gasteiger partial charge >= 0.3 is 0 Å². The highest BCUT2D eigenvalue weighted by atomic mass is 35.5. The van der Waals surface area contributed by atoms with Crippen molar-refractivity contribution < 1.29 is 23.7 Å². The molecule has 0 radical (unpaired) electrons. The molecule has 0 saturated heterocycles. The Balaban J connectivity index is 1.63. The third-order valence-corrected chi connectivity index (χ3v) is 4.14. The van der Waals surface area contributed by atoms with Crippen molar-refractivity contribution in [1.82, 2.24) is 0 Å². The molecule has 0 saturated carbocycles. The van der Waals surface area contributed by atoms with Crippen molar-refractivity contribution in [2.45, 2.75) is 12.8 Å². The third kappa shape index (κ3) is 3.91. The number of benzene rings is 2. The summed E-state index contributed by atoms with van der Waals surface area (Å²) in [5, 5.41) is 3.18. The maximum absolute atomic E-state index is 12.2. The predicted octanol–water partition coefficient (Wildman–Crippen LogP) is 3.66. The Morgan fingerprint density at radius 1 is 1.12 bits per heavy atom. The van der Waals surface area contributed by atoms with Crippen molar-refractivity contribution in [3.8, 4) is 23.0 Å². The Morgan fingerprint density at radius 3 is 2.60 bits per heavy atom. The summed E-state index contributed by atoms with van der Waals surface area (Å²) in [6.07, 6.45) is 0.887. The SMILES string of the molecule is COc1cc(Cl)c(NC(=O)CCc2ccc3c(c2)OCO3)cc1OC. The van der Waals surface area contributed by atoms with Gasteiger partial charge in [0, 0.05) is 18.6 Å². The van der Waals surface area contributed by atoms with E-state index in [0.717, 1.165) is 11.3 Å². The van der Waals surface area contributed by atoms with Crippen molar-refractivity contribution >= 4 is 23.2 Å². The topological polar surface area (TPSA) is 66.0 Å². The van der Waals surface area contributed by atoms with Gasteiger partial charge in [0.1, 0.15) is 0 Å². The number of rotatable bonds is 6. The number of amides is 1. The molecule has 2 aromatic rings. The molecule has 0 aliphatic carbocycles. The minimum absolute atomic E-state index is 0.146. The molecular formula is C18H18ClNO5. The highest BCUT2D eigenvalue weighted by Crippen LogP contribution is 2.36. The summed E-state index contributed by atoms with van der Waals surface area (Å²) >= 11 is 6.18. The third-order valence-electron chi connectivity index (χ3n) is 3.83. The van der Waals surface area contributed by atoms with Crippen LogP contribution in [0.15, 0.2) is 30.3 Å². The molecule has 0 aromatic heterocycles. The van der Waals surface area contributed by atoms with Crippen LogP contribution in [-0.2, 0) is 11.2 Å². The van der Waals surface area contributed by atoms with Crippen LogP contribution >= 0.6 is 11.6 Å². The quantitative estimate of drug-likeness (QED) is 0.848. The number of carbonyl (C=O) groups excluding carboxylic acids is 1. The summed E-state index contributed by atoms with van der Waals surface area (Å²) in [5.41, 5.74) is 1.48. The Bertz CT molecular complexity index is 793. The number of halogens is 1. The molecule has 0 fully saturated rings. The van der Waals surface area contributed by atoms with Crippen molar-refractivity contribution in [3.05, 3.63) is 40.9 Å². The van der Waals surface area contributed by atoms with E-state index in [1.54, 1.807) is 12.1 Å². The van der Waals surface area contributed by atoms with E-state index in [9.17, 15) is 4.79 Å². The molecule has 3 rings (SSSR count). The number of ether oxygens (including phenoxy) is 4. The fraction of sp³-hybridized carbons (Fsp3) is 0.278. The van der Waals surface area contributed by atoms with Gasteiger partial charge in [-0.15, -0.1) is 0 Å². The molecule has 2 aromatic carbocycles. The lowest BCUT2D eigenvalue weighted by atomic mass is 10.1. The van der Waals surface area contributed by atoms with Gasteiger partial charge in [0.05, 0.1) is 24.9 Å². The maximum atomic E-state index is 12.2. The van der Waals surface area contributed by atoms with Gasteiger partial charge in [-0.25, -0.2) is 0 Å². The number of hydrogen-bond donors (Lipinski definition) is 1. The molecule has 25 heavy (non-hydrogen) atoms. The zero-order chi connectivity index (χ0) is 17.8. The first-order chi connectivity index (χ1) is 12.1. The number of carbonyl (C=O) groups is 1.